The van der Waals surface area contributed by atoms with Gasteiger partial charge in [0.25, 0.3) is 5.91 Å². The van der Waals surface area contributed by atoms with E-state index in [2.05, 4.69) is 26.7 Å². The van der Waals surface area contributed by atoms with Gasteiger partial charge in [-0.05, 0) is 56.2 Å². The number of carbonyl (C=O) groups is 2. The largest absolute Gasteiger partial charge is 0.462 e. The molecule has 0 aliphatic heterocycles. The normalized spacial score (nSPS) is 10.3. The molecule has 0 fully saturated rings. The number of para-hydroxylation sites is 1. The summed E-state index contributed by atoms with van der Waals surface area (Å²) in [5, 5.41) is 5.90. The van der Waals surface area contributed by atoms with Gasteiger partial charge >= 0.3 is 5.97 Å². The average molecular weight is 390 g/mol. The van der Waals surface area contributed by atoms with Gasteiger partial charge in [0, 0.05) is 11.8 Å². The second kappa shape index (κ2) is 8.97. The Morgan fingerprint density at radius 3 is 2.45 bits per heavy atom. The second-order valence-corrected chi connectivity index (χ2v) is 6.51. The third kappa shape index (κ3) is 5.16. The Bertz CT molecular complexity index is 1030. The lowest BCUT2D eigenvalue weighted by atomic mass is 10.1. The van der Waals surface area contributed by atoms with Crippen LogP contribution in [0.25, 0.3) is 0 Å². The summed E-state index contributed by atoms with van der Waals surface area (Å²) < 4.78 is 5.03. The van der Waals surface area contributed by atoms with Crippen LogP contribution in [0.1, 0.15) is 38.9 Å². The second-order valence-electron chi connectivity index (χ2n) is 6.51. The van der Waals surface area contributed by atoms with E-state index < -0.39 is 11.9 Å². The molecule has 0 aliphatic carbocycles. The van der Waals surface area contributed by atoms with Gasteiger partial charge in [-0.3, -0.25) is 4.79 Å². The predicted octanol–water partition coefficient (Wildman–Crippen LogP) is 4.27. The van der Waals surface area contributed by atoms with Gasteiger partial charge in [0.15, 0.2) is 0 Å². The van der Waals surface area contributed by atoms with E-state index in [-0.39, 0.29) is 17.9 Å². The summed E-state index contributed by atoms with van der Waals surface area (Å²) in [5.74, 6) is -0.454. The molecule has 7 heteroatoms. The van der Waals surface area contributed by atoms with Crippen LogP contribution in [0.3, 0.4) is 0 Å². The molecule has 148 valence electrons. The van der Waals surface area contributed by atoms with Crippen LogP contribution in [-0.2, 0) is 4.74 Å². The van der Waals surface area contributed by atoms with Crippen LogP contribution in [0.2, 0.25) is 0 Å². The summed E-state index contributed by atoms with van der Waals surface area (Å²) in [5.41, 5.74) is 3.93. The van der Waals surface area contributed by atoms with E-state index in [0.717, 1.165) is 16.8 Å². The van der Waals surface area contributed by atoms with Crippen LogP contribution in [0, 0.1) is 13.8 Å². The van der Waals surface area contributed by atoms with E-state index in [9.17, 15) is 9.59 Å². The number of aromatic nitrogens is 2. The molecule has 1 aromatic heterocycles. The van der Waals surface area contributed by atoms with Crippen molar-refractivity contribution in [1.82, 2.24) is 9.97 Å². The Morgan fingerprint density at radius 1 is 1.00 bits per heavy atom. The van der Waals surface area contributed by atoms with Crippen molar-refractivity contribution in [3.8, 4) is 0 Å². The molecule has 0 radical (unpaired) electrons. The Balaban J connectivity index is 1.79. The maximum atomic E-state index is 12.7. The Morgan fingerprint density at radius 2 is 1.72 bits per heavy atom. The van der Waals surface area contributed by atoms with E-state index in [1.807, 2.05) is 26.0 Å². The first-order valence-corrected chi connectivity index (χ1v) is 9.21. The lowest BCUT2D eigenvalue weighted by Gasteiger charge is -2.11. The summed E-state index contributed by atoms with van der Waals surface area (Å²) in [6.07, 6.45) is 1.32. The topological polar surface area (TPSA) is 93.2 Å². The molecule has 3 aromatic rings. The van der Waals surface area contributed by atoms with Gasteiger partial charge in [-0.15, -0.1) is 0 Å². The smallest absolute Gasteiger partial charge is 0.340 e. The number of anilines is 3. The standard InChI is InChI=1S/C22H22N4O3/c1-4-29-22(28)17-7-5-6-8-18(17)26-21(27)19-12-20(24-13-23-19)25-16-10-14(2)9-15(3)11-16/h5-13H,4H2,1-3H3,(H,26,27)(H,23,24,25). The number of nitrogens with zero attached hydrogens (tertiary/aromatic N) is 2. The number of hydrogen-bond acceptors (Lipinski definition) is 6. The first-order chi connectivity index (χ1) is 14.0. The molecule has 0 saturated heterocycles. The third-order valence-electron chi connectivity index (χ3n) is 4.06. The molecule has 1 heterocycles. The predicted molar refractivity (Wildman–Crippen MR) is 112 cm³/mol. The van der Waals surface area contributed by atoms with E-state index in [1.165, 1.54) is 6.33 Å². The van der Waals surface area contributed by atoms with Crippen molar-refractivity contribution in [2.75, 3.05) is 17.2 Å². The number of aryl methyl sites for hydroxylation is 2. The number of rotatable bonds is 6. The highest BCUT2D eigenvalue weighted by atomic mass is 16.5. The Hall–Kier alpha value is -3.74. The van der Waals surface area contributed by atoms with Crippen molar-refractivity contribution < 1.29 is 14.3 Å². The number of ether oxygens (including phenoxy) is 1. The first-order valence-electron chi connectivity index (χ1n) is 9.21. The number of benzene rings is 2. The van der Waals surface area contributed by atoms with Gasteiger partial charge < -0.3 is 15.4 Å². The van der Waals surface area contributed by atoms with Crippen molar-refractivity contribution in [2.45, 2.75) is 20.8 Å². The van der Waals surface area contributed by atoms with Crippen molar-refractivity contribution in [1.29, 1.82) is 0 Å². The van der Waals surface area contributed by atoms with E-state index in [0.29, 0.717) is 11.5 Å². The molecule has 3 rings (SSSR count). The quantitative estimate of drug-likeness (QED) is 0.611. The molecule has 1 amide bonds. The zero-order valence-corrected chi connectivity index (χ0v) is 16.5. The number of carbonyl (C=O) groups excluding carboxylic acids is 2. The van der Waals surface area contributed by atoms with E-state index >= 15 is 0 Å². The molecule has 0 saturated carbocycles. The number of nitrogens with one attached hydrogen (secondary N) is 2. The highest BCUT2D eigenvalue weighted by Gasteiger charge is 2.16. The minimum Gasteiger partial charge on any atom is -0.462 e. The molecule has 0 unspecified atom stereocenters. The van der Waals surface area contributed by atoms with Gasteiger partial charge in [-0.1, -0.05) is 18.2 Å². The SMILES string of the molecule is CCOC(=O)c1ccccc1NC(=O)c1cc(Nc2cc(C)cc(C)c2)ncn1. The summed E-state index contributed by atoms with van der Waals surface area (Å²) >= 11 is 0. The molecule has 0 spiro atoms. The van der Waals surface area contributed by atoms with Crippen molar-refractivity contribution in [3.05, 3.63) is 77.2 Å². The minimum atomic E-state index is -0.497. The fraction of sp³-hybridized carbons (Fsp3) is 0.182. The lowest BCUT2D eigenvalue weighted by Crippen LogP contribution is -2.17. The summed E-state index contributed by atoms with van der Waals surface area (Å²) in [7, 11) is 0. The molecular formula is C22H22N4O3. The van der Waals surface area contributed by atoms with E-state index in [4.69, 9.17) is 4.74 Å². The van der Waals surface area contributed by atoms with Gasteiger partial charge in [-0.2, -0.15) is 0 Å². The number of esters is 1. The van der Waals surface area contributed by atoms with Crippen LogP contribution in [-0.4, -0.2) is 28.5 Å². The number of amides is 1. The first kappa shape index (κ1) is 20.0. The molecular weight excluding hydrogens is 368 g/mol. The van der Waals surface area contributed by atoms with Gasteiger partial charge in [0.05, 0.1) is 17.9 Å². The lowest BCUT2D eigenvalue weighted by molar-refractivity contribution is 0.0527. The molecule has 0 atom stereocenters. The summed E-state index contributed by atoms with van der Waals surface area (Å²) in [6, 6.07) is 14.3. The Kier molecular flexibility index (Phi) is 6.19. The van der Waals surface area contributed by atoms with Gasteiger partial charge in [0.1, 0.15) is 17.8 Å². The maximum absolute atomic E-state index is 12.7. The van der Waals surface area contributed by atoms with Crippen LogP contribution in [0.15, 0.2) is 54.9 Å². The highest BCUT2D eigenvalue weighted by molar-refractivity contribution is 6.07. The molecule has 7 nitrogen and oxygen atoms in total. The third-order valence-corrected chi connectivity index (χ3v) is 4.06. The van der Waals surface area contributed by atoms with E-state index in [1.54, 1.807) is 37.3 Å². The van der Waals surface area contributed by atoms with Crippen molar-refractivity contribution in [2.24, 2.45) is 0 Å². The van der Waals surface area contributed by atoms with Crippen molar-refractivity contribution in [3.63, 3.8) is 0 Å². The average Bonchev–Trinajstić information content (AvgIpc) is 2.68. The van der Waals surface area contributed by atoms with Gasteiger partial charge in [0.2, 0.25) is 0 Å². The fourth-order valence-electron chi connectivity index (χ4n) is 2.91. The Labute approximate surface area is 169 Å². The molecule has 2 N–H and O–H groups in total. The van der Waals surface area contributed by atoms with Crippen LogP contribution >= 0.6 is 0 Å². The highest BCUT2D eigenvalue weighted by Crippen LogP contribution is 2.20. The van der Waals surface area contributed by atoms with Crippen molar-refractivity contribution >= 4 is 29.1 Å². The number of hydrogen-bond donors (Lipinski definition) is 2. The van der Waals surface area contributed by atoms with Crippen LogP contribution < -0.4 is 10.6 Å². The minimum absolute atomic E-state index is 0.172. The summed E-state index contributed by atoms with van der Waals surface area (Å²) in [4.78, 5) is 33.0. The monoisotopic (exact) mass is 390 g/mol. The maximum Gasteiger partial charge on any atom is 0.340 e. The summed E-state index contributed by atoms with van der Waals surface area (Å²) in [6.45, 7) is 6.00. The molecule has 29 heavy (non-hydrogen) atoms. The van der Waals surface area contributed by atoms with Gasteiger partial charge in [-0.25, -0.2) is 14.8 Å². The van der Waals surface area contributed by atoms with Crippen LogP contribution in [0.5, 0.6) is 0 Å². The van der Waals surface area contributed by atoms with Crippen LogP contribution in [0.4, 0.5) is 17.2 Å². The zero-order valence-electron chi connectivity index (χ0n) is 16.5. The molecule has 0 aliphatic rings. The molecule has 0 bridgehead atoms. The zero-order chi connectivity index (χ0) is 20.8. The molecule has 2 aromatic carbocycles. The fourth-order valence-corrected chi connectivity index (χ4v) is 2.91.